The quantitative estimate of drug-likeness (QED) is 0.757. The first-order valence-electron chi connectivity index (χ1n) is 8.17. The number of halogens is 1. The van der Waals surface area contributed by atoms with E-state index in [-0.39, 0.29) is 17.9 Å². The van der Waals surface area contributed by atoms with E-state index in [1.165, 1.54) is 0 Å². The van der Waals surface area contributed by atoms with Crippen molar-refractivity contribution in [2.45, 2.75) is 59.0 Å². The lowest BCUT2D eigenvalue weighted by Gasteiger charge is -2.19. The molecule has 0 aliphatic heterocycles. The second-order valence-corrected chi connectivity index (χ2v) is 6.82. The summed E-state index contributed by atoms with van der Waals surface area (Å²) in [6.07, 6.45) is 3.17. The Hall–Kier alpha value is -1.55. The fourth-order valence-corrected chi connectivity index (χ4v) is 2.48. The van der Waals surface area contributed by atoms with Crippen molar-refractivity contribution in [3.8, 4) is 0 Å². The van der Waals surface area contributed by atoms with Crippen LogP contribution in [-0.4, -0.2) is 23.9 Å². The van der Waals surface area contributed by atoms with Crippen molar-refractivity contribution in [1.82, 2.24) is 10.6 Å². The monoisotopic (exact) mass is 338 g/mol. The highest BCUT2D eigenvalue weighted by molar-refractivity contribution is 6.33. The van der Waals surface area contributed by atoms with Crippen LogP contribution in [-0.2, 0) is 4.79 Å². The normalized spacial score (nSPS) is 13.5. The van der Waals surface area contributed by atoms with Crippen LogP contribution in [0.3, 0.4) is 0 Å². The molecule has 1 aromatic rings. The highest BCUT2D eigenvalue weighted by Gasteiger charge is 2.19. The van der Waals surface area contributed by atoms with Crippen molar-refractivity contribution >= 4 is 23.4 Å². The van der Waals surface area contributed by atoms with E-state index in [0.717, 1.165) is 19.3 Å². The molecule has 5 heteroatoms. The molecule has 2 atom stereocenters. The molecule has 4 nitrogen and oxygen atoms in total. The van der Waals surface area contributed by atoms with E-state index in [0.29, 0.717) is 16.5 Å². The molecule has 2 unspecified atom stereocenters. The number of nitrogens with one attached hydrogen (secondary N) is 2. The van der Waals surface area contributed by atoms with Gasteiger partial charge in [-0.3, -0.25) is 9.59 Å². The second-order valence-electron chi connectivity index (χ2n) is 6.41. The van der Waals surface area contributed by atoms with Crippen LogP contribution < -0.4 is 10.6 Å². The highest BCUT2D eigenvalue weighted by Crippen LogP contribution is 2.14. The molecule has 1 rings (SSSR count). The van der Waals surface area contributed by atoms with Crippen molar-refractivity contribution < 1.29 is 9.59 Å². The topological polar surface area (TPSA) is 58.2 Å². The zero-order chi connectivity index (χ0) is 17.4. The van der Waals surface area contributed by atoms with Crippen molar-refractivity contribution in [2.24, 2.45) is 5.92 Å². The summed E-state index contributed by atoms with van der Waals surface area (Å²) in [5.41, 5.74) is 0.374. The number of carbonyl (C=O) groups is 2. The van der Waals surface area contributed by atoms with Crippen LogP contribution in [0.15, 0.2) is 24.3 Å². The average Bonchev–Trinajstić information content (AvgIpc) is 2.46. The van der Waals surface area contributed by atoms with Crippen molar-refractivity contribution in [2.75, 3.05) is 0 Å². The molecular weight excluding hydrogens is 312 g/mol. The Kier molecular flexibility index (Phi) is 8.10. The first-order valence-corrected chi connectivity index (χ1v) is 8.54. The maximum Gasteiger partial charge on any atom is 0.253 e. The van der Waals surface area contributed by atoms with Crippen LogP contribution in [0.2, 0.25) is 5.02 Å². The maximum atomic E-state index is 12.1. The van der Waals surface area contributed by atoms with Gasteiger partial charge in [-0.05, 0) is 38.3 Å². The largest absolute Gasteiger partial charge is 0.352 e. The molecule has 0 aliphatic carbocycles. The summed E-state index contributed by atoms with van der Waals surface area (Å²) in [5, 5.41) is 5.99. The van der Waals surface area contributed by atoms with E-state index >= 15 is 0 Å². The summed E-state index contributed by atoms with van der Waals surface area (Å²) in [5.74, 6) is 0.153. The van der Waals surface area contributed by atoms with Gasteiger partial charge >= 0.3 is 0 Å². The van der Waals surface area contributed by atoms with Crippen molar-refractivity contribution in [3.05, 3.63) is 34.9 Å². The zero-order valence-corrected chi connectivity index (χ0v) is 15.1. The molecular formula is C18H27ClN2O2. The Morgan fingerprint density at radius 3 is 2.30 bits per heavy atom. The van der Waals surface area contributed by atoms with Crippen LogP contribution >= 0.6 is 11.6 Å². The Morgan fingerprint density at radius 2 is 1.70 bits per heavy atom. The minimum atomic E-state index is -0.605. The summed E-state index contributed by atoms with van der Waals surface area (Å²) in [6, 6.07) is 6.28. The van der Waals surface area contributed by atoms with Gasteiger partial charge in [-0.25, -0.2) is 0 Å². The lowest BCUT2D eigenvalue weighted by Crippen LogP contribution is -2.47. The fourth-order valence-electron chi connectivity index (χ4n) is 2.26. The van der Waals surface area contributed by atoms with Gasteiger partial charge in [-0.2, -0.15) is 0 Å². The number of hydrogen-bond donors (Lipinski definition) is 2. The molecule has 0 aliphatic rings. The lowest BCUT2D eigenvalue weighted by atomic mass is 10.0. The molecule has 0 saturated heterocycles. The molecule has 1 aromatic carbocycles. The predicted octanol–water partition coefficient (Wildman–Crippen LogP) is 3.79. The van der Waals surface area contributed by atoms with E-state index in [9.17, 15) is 9.59 Å². The van der Waals surface area contributed by atoms with Crippen LogP contribution in [0, 0.1) is 5.92 Å². The number of benzene rings is 1. The third-order valence-electron chi connectivity index (χ3n) is 3.67. The predicted molar refractivity (Wildman–Crippen MR) is 94.7 cm³/mol. The third kappa shape index (κ3) is 7.04. The molecule has 0 bridgehead atoms. The molecule has 0 radical (unpaired) electrons. The van der Waals surface area contributed by atoms with Gasteiger partial charge in [0.1, 0.15) is 6.04 Å². The first kappa shape index (κ1) is 19.5. The van der Waals surface area contributed by atoms with Crippen LogP contribution in [0.5, 0.6) is 0 Å². The minimum Gasteiger partial charge on any atom is -0.352 e. The van der Waals surface area contributed by atoms with Gasteiger partial charge in [0.15, 0.2) is 0 Å². The molecule has 0 spiro atoms. The molecule has 128 valence electrons. The number of hydrogen-bond acceptors (Lipinski definition) is 2. The fraction of sp³-hybridized carbons (Fsp3) is 0.556. The number of rotatable bonds is 8. The molecule has 2 amide bonds. The molecule has 0 fully saturated rings. The number of carbonyl (C=O) groups excluding carboxylic acids is 2. The van der Waals surface area contributed by atoms with Crippen molar-refractivity contribution in [1.29, 1.82) is 0 Å². The Balaban J connectivity index is 2.44. The summed E-state index contributed by atoms with van der Waals surface area (Å²) >= 11 is 5.99. The standard InChI is InChI=1S/C18H27ClN2O2/c1-12(2)8-7-9-13(3)20-17(22)14(4)21-18(23)15-10-5-6-11-16(15)19/h5-6,10-14H,7-9H2,1-4H3,(H,20,22)(H,21,23). The van der Waals surface area contributed by atoms with Gasteiger partial charge in [-0.1, -0.05) is 50.4 Å². The SMILES string of the molecule is CC(C)CCCC(C)NC(=O)C(C)NC(=O)c1ccccc1Cl. The Labute approximate surface area is 144 Å². The van der Waals surface area contributed by atoms with Gasteiger partial charge in [-0.15, -0.1) is 0 Å². The summed E-state index contributed by atoms with van der Waals surface area (Å²) in [7, 11) is 0. The lowest BCUT2D eigenvalue weighted by molar-refractivity contribution is -0.123. The van der Waals surface area contributed by atoms with Gasteiger partial charge in [0.25, 0.3) is 5.91 Å². The molecule has 23 heavy (non-hydrogen) atoms. The van der Waals surface area contributed by atoms with E-state index in [1.807, 2.05) is 6.92 Å². The van der Waals surface area contributed by atoms with Crippen LogP contribution in [0.4, 0.5) is 0 Å². The Morgan fingerprint density at radius 1 is 1.04 bits per heavy atom. The molecule has 0 saturated carbocycles. The van der Waals surface area contributed by atoms with E-state index in [2.05, 4.69) is 24.5 Å². The second kappa shape index (κ2) is 9.56. The smallest absolute Gasteiger partial charge is 0.253 e. The third-order valence-corrected chi connectivity index (χ3v) is 4.00. The van der Waals surface area contributed by atoms with Crippen molar-refractivity contribution in [3.63, 3.8) is 0 Å². The van der Waals surface area contributed by atoms with E-state index in [1.54, 1.807) is 31.2 Å². The summed E-state index contributed by atoms with van der Waals surface area (Å²) in [6.45, 7) is 8.04. The van der Waals surface area contributed by atoms with Crippen LogP contribution in [0.1, 0.15) is 57.3 Å². The van der Waals surface area contributed by atoms with Gasteiger partial charge in [0.05, 0.1) is 10.6 Å². The zero-order valence-electron chi connectivity index (χ0n) is 14.4. The summed E-state index contributed by atoms with van der Waals surface area (Å²) in [4.78, 5) is 24.3. The minimum absolute atomic E-state index is 0.0981. The molecule has 0 aromatic heterocycles. The van der Waals surface area contributed by atoms with Gasteiger partial charge < -0.3 is 10.6 Å². The van der Waals surface area contributed by atoms with Gasteiger partial charge in [0, 0.05) is 6.04 Å². The summed E-state index contributed by atoms with van der Waals surface area (Å²) < 4.78 is 0. The molecule has 2 N–H and O–H groups in total. The van der Waals surface area contributed by atoms with E-state index in [4.69, 9.17) is 11.6 Å². The first-order chi connectivity index (χ1) is 10.8. The molecule has 0 heterocycles. The maximum absolute atomic E-state index is 12.1. The van der Waals surface area contributed by atoms with Crippen LogP contribution in [0.25, 0.3) is 0 Å². The Bertz CT molecular complexity index is 532. The van der Waals surface area contributed by atoms with Gasteiger partial charge in [0.2, 0.25) is 5.91 Å². The number of amides is 2. The highest BCUT2D eigenvalue weighted by atomic mass is 35.5. The average molecular weight is 339 g/mol. The van der Waals surface area contributed by atoms with E-state index < -0.39 is 6.04 Å².